The zero-order valence-electron chi connectivity index (χ0n) is 10.3. The number of carbonyl (C=O) groups excluding carboxylic acids is 1. The predicted octanol–water partition coefficient (Wildman–Crippen LogP) is 1.86. The summed E-state index contributed by atoms with van der Waals surface area (Å²) in [4.78, 5) is 22.1. The van der Waals surface area contributed by atoms with Crippen LogP contribution in [0.2, 0.25) is 0 Å². The number of piperidine rings is 1. The molecule has 0 N–H and O–H groups in total. The molecule has 1 aliphatic heterocycles. The van der Waals surface area contributed by atoms with E-state index in [-0.39, 0.29) is 11.9 Å². The van der Waals surface area contributed by atoms with Crippen molar-refractivity contribution in [3.8, 4) is 0 Å². The van der Waals surface area contributed by atoms with Crippen molar-refractivity contribution in [3.05, 3.63) is 16.1 Å². The van der Waals surface area contributed by atoms with Crippen molar-refractivity contribution in [2.75, 3.05) is 24.6 Å². The van der Waals surface area contributed by atoms with Gasteiger partial charge in [-0.15, -0.1) is 0 Å². The molecule has 98 valence electrons. The van der Waals surface area contributed by atoms with Crippen LogP contribution in [-0.4, -0.2) is 35.6 Å². The molecule has 0 unspecified atom stereocenters. The Morgan fingerprint density at radius 2 is 2.28 bits per heavy atom. The van der Waals surface area contributed by atoms with Gasteiger partial charge in [-0.05, 0) is 42.4 Å². The Morgan fingerprint density at radius 3 is 2.89 bits per heavy atom. The van der Waals surface area contributed by atoms with Gasteiger partial charge in [-0.25, -0.2) is 9.97 Å². The van der Waals surface area contributed by atoms with Crippen molar-refractivity contribution in [2.24, 2.45) is 5.92 Å². The Kier molecular flexibility index (Phi) is 4.73. The number of ether oxygens (including phenoxy) is 1. The SMILES string of the molecule is CCOC(=O)C1CCN(c2ncncc2I)CC1. The van der Waals surface area contributed by atoms with Crippen LogP contribution in [0.15, 0.2) is 12.5 Å². The first kappa shape index (κ1) is 13.5. The lowest BCUT2D eigenvalue weighted by atomic mass is 9.97. The quantitative estimate of drug-likeness (QED) is 0.608. The Bertz CT molecular complexity index is 420. The van der Waals surface area contributed by atoms with Gasteiger partial charge in [0.1, 0.15) is 12.1 Å². The van der Waals surface area contributed by atoms with E-state index in [1.165, 1.54) is 0 Å². The maximum absolute atomic E-state index is 11.6. The minimum atomic E-state index is -0.0606. The molecule has 6 heteroatoms. The van der Waals surface area contributed by atoms with Gasteiger partial charge in [0, 0.05) is 19.3 Å². The van der Waals surface area contributed by atoms with E-state index in [2.05, 4.69) is 37.5 Å². The van der Waals surface area contributed by atoms with Crippen LogP contribution < -0.4 is 4.90 Å². The molecular formula is C12H16IN3O2. The lowest BCUT2D eigenvalue weighted by Gasteiger charge is -2.32. The van der Waals surface area contributed by atoms with Gasteiger partial charge in [0.05, 0.1) is 16.1 Å². The van der Waals surface area contributed by atoms with Crippen molar-refractivity contribution in [3.63, 3.8) is 0 Å². The average Bonchev–Trinajstić information content (AvgIpc) is 2.40. The summed E-state index contributed by atoms with van der Waals surface area (Å²) >= 11 is 2.24. The number of aromatic nitrogens is 2. The van der Waals surface area contributed by atoms with Crippen molar-refractivity contribution in [1.29, 1.82) is 0 Å². The maximum atomic E-state index is 11.6. The number of rotatable bonds is 3. The summed E-state index contributed by atoms with van der Waals surface area (Å²) in [6.07, 6.45) is 5.03. The van der Waals surface area contributed by atoms with Gasteiger partial charge in [0.15, 0.2) is 0 Å². The number of hydrogen-bond acceptors (Lipinski definition) is 5. The summed E-state index contributed by atoms with van der Waals surface area (Å²) in [5.41, 5.74) is 0. The summed E-state index contributed by atoms with van der Waals surface area (Å²) in [6.45, 7) is 3.99. The fraction of sp³-hybridized carbons (Fsp3) is 0.583. The molecular weight excluding hydrogens is 345 g/mol. The smallest absolute Gasteiger partial charge is 0.309 e. The Labute approximate surface area is 120 Å². The lowest BCUT2D eigenvalue weighted by Crippen LogP contribution is -2.37. The summed E-state index contributed by atoms with van der Waals surface area (Å²) in [5.74, 6) is 0.947. The third kappa shape index (κ3) is 3.09. The molecule has 1 aromatic rings. The molecule has 1 aromatic heterocycles. The molecule has 1 saturated heterocycles. The second kappa shape index (κ2) is 6.31. The Morgan fingerprint density at radius 1 is 1.56 bits per heavy atom. The summed E-state index contributed by atoms with van der Waals surface area (Å²) < 4.78 is 6.11. The predicted molar refractivity (Wildman–Crippen MR) is 76.3 cm³/mol. The highest BCUT2D eigenvalue weighted by molar-refractivity contribution is 14.1. The van der Waals surface area contributed by atoms with Gasteiger partial charge in [-0.3, -0.25) is 4.79 Å². The van der Waals surface area contributed by atoms with Crippen molar-refractivity contribution in [2.45, 2.75) is 19.8 Å². The van der Waals surface area contributed by atoms with Crippen LogP contribution in [0.3, 0.4) is 0 Å². The van der Waals surface area contributed by atoms with Crippen LogP contribution in [0.25, 0.3) is 0 Å². The minimum Gasteiger partial charge on any atom is -0.466 e. The van der Waals surface area contributed by atoms with E-state index >= 15 is 0 Å². The number of halogens is 1. The third-order valence-corrected chi connectivity index (χ3v) is 3.82. The first-order valence-electron chi connectivity index (χ1n) is 6.09. The molecule has 0 aliphatic carbocycles. The monoisotopic (exact) mass is 361 g/mol. The highest BCUT2D eigenvalue weighted by Gasteiger charge is 2.27. The summed E-state index contributed by atoms with van der Waals surface area (Å²) in [6, 6.07) is 0. The molecule has 5 nitrogen and oxygen atoms in total. The van der Waals surface area contributed by atoms with Gasteiger partial charge in [0.2, 0.25) is 0 Å². The molecule has 0 amide bonds. The summed E-state index contributed by atoms with van der Waals surface area (Å²) in [5, 5.41) is 0. The van der Waals surface area contributed by atoms with E-state index in [1.54, 1.807) is 12.5 Å². The van der Waals surface area contributed by atoms with Crippen LogP contribution in [0.5, 0.6) is 0 Å². The van der Waals surface area contributed by atoms with Crippen LogP contribution in [0, 0.1) is 9.49 Å². The molecule has 0 saturated carbocycles. The van der Waals surface area contributed by atoms with E-state index in [4.69, 9.17) is 4.74 Å². The summed E-state index contributed by atoms with van der Waals surface area (Å²) in [7, 11) is 0. The second-order valence-electron chi connectivity index (χ2n) is 4.21. The lowest BCUT2D eigenvalue weighted by molar-refractivity contribution is -0.148. The zero-order valence-corrected chi connectivity index (χ0v) is 12.5. The van der Waals surface area contributed by atoms with Gasteiger partial charge in [0.25, 0.3) is 0 Å². The molecule has 18 heavy (non-hydrogen) atoms. The molecule has 0 radical (unpaired) electrons. The Hall–Kier alpha value is -0.920. The van der Waals surface area contributed by atoms with Gasteiger partial charge >= 0.3 is 5.97 Å². The molecule has 0 atom stereocenters. The van der Waals surface area contributed by atoms with Crippen LogP contribution in [0.1, 0.15) is 19.8 Å². The number of hydrogen-bond donors (Lipinski definition) is 0. The number of esters is 1. The van der Waals surface area contributed by atoms with E-state index in [0.29, 0.717) is 6.61 Å². The normalized spacial score (nSPS) is 16.7. The fourth-order valence-corrected chi connectivity index (χ4v) is 2.77. The van der Waals surface area contributed by atoms with Crippen molar-refractivity contribution < 1.29 is 9.53 Å². The molecule has 0 spiro atoms. The van der Waals surface area contributed by atoms with Crippen LogP contribution in [0.4, 0.5) is 5.82 Å². The van der Waals surface area contributed by atoms with Gasteiger partial charge < -0.3 is 9.64 Å². The standard InChI is InChI=1S/C12H16IN3O2/c1-2-18-12(17)9-3-5-16(6-4-9)11-10(13)7-14-8-15-11/h7-9H,2-6H2,1H3. The molecule has 1 aliphatic rings. The first-order valence-corrected chi connectivity index (χ1v) is 7.17. The largest absolute Gasteiger partial charge is 0.466 e. The van der Waals surface area contributed by atoms with Crippen LogP contribution in [-0.2, 0) is 9.53 Å². The maximum Gasteiger partial charge on any atom is 0.309 e. The zero-order chi connectivity index (χ0) is 13.0. The van der Waals surface area contributed by atoms with Crippen LogP contribution >= 0.6 is 22.6 Å². The van der Waals surface area contributed by atoms with E-state index < -0.39 is 0 Å². The molecule has 2 rings (SSSR count). The topological polar surface area (TPSA) is 55.3 Å². The van der Waals surface area contributed by atoms with E-state index in [0.717, 1.165) is 35.3 Å². The number of anilines is 1. The fourth-order valence-electron chi connectivity index (χ4n) is 2.13. The highest BCUT2D eigenvalue weighted by Crippen LogP contribution is 2.25. The molecule has 1 fully saturated rings. The van der Waals surface area contributed by atoms with E-state index in [9.17, 15) is 4.79 Å². The Balaban J connectivity index is 1.95. The molecule has 0 aromatic carbocycles. The second-order valence-corrected chi connectivity index (χ2v) is 5.37. The first-order chi connectivity index (χ1) is 8.72. The molecule has 2 heterocycles. The number of nitrogens with zero attached hydrogens (tertiary/aromatic N) is 3. The van der Waals surface area contributed by atoms with Crippen molar-refractivity contribution in [1.82, 2.24) is 9.97 Å². The van der Waals surface area contributed by atoms with Crippen molar-refractivity contribution >= 4 is 34.4 Å². The molecule has 0 bridgehead atoms. The number of carbonyl (C=O) groups is 1. The van der Waals surface area contributed by atoms with E-state index in [1.807, 2.05) is 6.92 Å². The third-order valence-electron chi connectivity index (χ3n) is 3.06. The minimum absolute atomic E-state index is 0.0423. The van der Waals surface area contributed by atoms with Gasteiger partial charge in [-0.2, -0.15) is 0 Å². The highest BCUT2D eigenvalue weighted by atomic mass is 127. The van der Waals surface area contributed by atoms with Gasteiger partial charge in [-0.1, -0.05) is 0 Å². The average molecular weight is 361 g/mol.